The molecule has 0 unspecified atom stereocenters. The van der Waals surface area contributed by atoms with Gasteiger partial charge in [0.1, 0.15) is 18.2 Å². The highest BCUT2D eigenvalue weighted by atomic mass is 35.5. The Balaban J connectivity index is 0.00000220. The van der Waals surface area contributed by atoms with Crippen molar-refractivity contribution >= 4 is 12.4 Å². The van der Waals surface area contributed by atoms with Gasteiger partial charge in [-0.25, -0.2) is 4.39 Å². The number of benzene rings is 1. The lowest BCUT2D eigenvalue weighted by Crippen LogP contribution is -2.37. The van der Waals surface area contributed by atoms with E-state index < -0.39 is 0 Å². The van der Waals surface area contributed by atoms with Gasteiger partial charge in [-0.2, -0.15) is 0 Å². The predicted molar refractivity (Wildman–Crippen MR) is 86.9 cm³/mol. The van der Waals surface area contributed by atoms with E-state index in [1.54, 1.807) is 12.1 Å². The molecule has 120 valence electrons. The summed E-state index contributed by atoms with van der Waals surface area (Å²) in [5.74, 6) is 1.40. The Hall–Kier alpha value is -0.840. The SMILES string of the molecule is CNCCC1CCN(CCOc2ccc(F)cc2)CC1.Cl. The van der Waals surface area contributed by atoms with Crippen molar-refractivity contribution in [3.8, 4) is 5.75 Å². The molecular formula is C16H26ClFN2O. The Kier molecular flexibility index (Phi) is 8.66. The average molecular weight is 317 g/mol. The van der Waals surface area contributed by atoms with Gasteiger partial charge in [0.05, 0.1) is 0 Å². The maximum absolute atomic E-state index is 12.8. The lowest BCUT2D eigenvalue weighted by Gasteiger charge is -2.31. The molecule has 1 aromatic rings. The quantitative estimate of drug-likeness (QED) is 0.837. The van der Waals surface area contributed by atoms with Gasteiger partial charge in [0.2, 0.25) is 0 Å². The first-order chi connectivity index (χ1) is 9.78. The van der Waals surface area contributed by atoms with Crippen molar-refractivity contribution < 1.29 is 9.13 Å². The van der Waals surface area contributed by atoms with Crippen LogP contribution >= 0.6 is 12.4 Å². The molecular weight excluding hydrogens is 291 g/mol. The van der Waals surface area contributed by atoms with Crippen LogP contribution in [0.4, 0.5) is 4.39 Å². The summed E-state index contributed by atoms with van der Waals surface area (Å²) in [5, 5.41) is 3.22. The average Bonchev–Trinajstić information content (AvgIpc) is 2.48. The third kappa shape index (κ3) is 6.64. The van der Waals surface area contributed by atoms with E-state index in [9.17, 15) is 4.39 Å². The Bertz CT molecular complexity index is 380. The smallest absolute Gasteiger partial charge is 0.123 e. The zero-order chi connectivity index (χ0) is 14.2. The van der Waals surface area contributed by atoms with Crippen LogP contribution in [0.3, 0.4) is 0 Å². The summed E-state index contributed by atoms with van der Waals surface area (Å²) < 4.78 is 18.4. The minimum Gasteiger partial charge on any atom is -0.492 e. The Morgan fingerprint density at radius 1 is 1.24 bits per heavy atom. The number of halogens is 2. The van der Waals surface area contributed by atoms with Crippen LogP contribution in [0, 0.1) is 11.7 Å². The molecule has 0 atom stereocenters. The van der Waals surface area contributed by atoms with E-state index in [1.165, 1.54) is 44.5 Å². The van der Waals surface area contributed by atoms with Crippen molar-refractivity contribution in [1.29, 1.82) is 0 Å². The van der Waals surface area contributed by atoms with E-state index in [-0.39, 0.29) is 18.2 Å². The maximum atomic E-state index is 12.8. The van der Waals surface area contributed by atoms with Crippen LogP contribution in [0.15, 0.2) is 24.3 Å². The van der Waals surface area contributed by atoms with E-state index in [0.29, 0.717) is 6.61 Å². The third-order valence-electron chi connectivity index (χ3n) is 4.00. The lowest BCUT2D eigenvalue weighted by molar-refractivity contribution is 0.151. The number of nitrogens with zero attached hydrogens (tertiary/aromatic N) is 1. The maximum Gasteiger partial charge on any atom is 0.123 e. The molecule has 1 aliphatic heterocycles. The number of likely N-dealkylation sites (tertiary alicyclic amines) is 1. The van der Waals surface area contributed by atoms with Gasteiger partial charge in [0.15, 0.2) is 0 Å². The second kappa shape index (κ2) is 9.98. The van der Waals surface area contributed by atoms with Gasteiger partial charge in [0.25, 0.3) is 0 Å². The molecule has 0 saturated carbocycles. The molecule has 0 amide bonds. The monoisotopic (exact) mass is 316 g/mol. The van der Waals surface area contributed by atoms with Gasteiger partial charge in [-0.15, -0.1) is 12.4 Å². The minimum absolute atomic E-state index is 0. The van der Waals surface area contributed by atoms with E-state index in [4.69, 9.17) is 4.74 Å². The number of hydrogen-bond donors (Lipinski definition) is 1. The van der Waals surface area contributed by atoms with Crippen LogP contribution < -0.4 is 10.1 Å². The van der Waals surface area contributed by atoms with E-state index in [2.05, 4.69) is 10.2 Å². The number of hydrogen-bond acceptors (Lipinski definition) is 3. The summed E-state index contributed by atoms with van der Waals surface area (Å²) in [4.78, 5) is 2.46. The fraction of sp³-hybridized carbons (Fsp3) is 0.625. The van der Waals surface area contributed by atoms with Crippen molar-refractivity contribution in [3.05, 3.63) is 30.1 Å². The van der Waals surface area contributed by atoms with Crippen molar-refractivity contribution in [2.75, 3.05) is 39.8 Å². The topological polar surface area (TPSA) is 24.5 Å². The summed E-state index contributed by atoms with van der Waals surface area (Å²) in [5.41, 5.74) is 0. The van der Waals surface area contributed by atoms with E-state index in [0.717, 1.165) is 24.8 Å². The van der Waals surface area contributed by atoms with Crippen molar-refractivity contribution in [3.63, 3.8) is 0 Å². The Morgan fingerprint density at radius 2 is 1.90 bits per heavy atom. The number of ether oxygens (including phenoxy) is 1. The van der Waals surface area contributed by atoms with Gasteiger partial charge in [-0.3, -0.25) is 4.90 Å². The number of rotatable bonds is 7. The fourth-order valence-corrected chi connectivity index (χ4v) is 2.67. The van der Waals surface area contributed by atoms with Gasteiger partial charge in [0, 0.05) is 6.54 Å². The van der Waals surface area contributed by atoms with Gasteiger partial charge in [-0.05, 0) is 76.1 Å². The van der Waals surface area contributed by atoms with Crippen molar-refractivity contribution in [2.45, 2.75) is 19.3 Å². The van der Waals surface area contributed by atoms with Crippen molar-refractivity contribution in [1.82, 2.24) is 10.2 Å². The zero-order valence-electron chi connectivity index (χ0n) is 12.7. The van der Waals surface area contributed by atoms with Crippen LogP contribution in [0.2, 0.25) is 0 Å². The van der Waals surface area contributed by atoms with Crippen LogP contribution in [0.25, 0.3) is 0 Å². The molecule has 1 fully saturated rings. The molecule has 3 nitrogen and oxygen atoms in total. The molecule has 2 rings (SSSR count). The van der Waals surface area contributed by atoms with Crippen LogP contribution in [0.5, 0.6) is 5.75 Å². The highest BCUT2D eigenvalue weighted by Crippen LogP contribution is 2.19. The summed E-state index contributed by atoms with van der Waals surface area (Å²) in [6.07, 6.45) is 3.87. The second-order valence-electron chi connectivity index (χ2n) is 5.48. The Morgan fingerprint density at radius 3 is 2.52 bits per heavy atom. The molecule has 1 heterocycles. The molecule has 0 spiro atoms. The molecule has 21 heavy (non-hydrogen) atoms. The molecule has 0 bridgehead atoms. The first-order valence-electron chi connectivity index (χ1n) is 7.53. The normalized spacial score (nSPS) is 16.5. The van der Waals surface area contributed by atoms with Gasteiger partial charge >= 0.3 is 0 Å². The van der Waals surface area contributed by atoms with E-state index >= 15 is 0 Å². The second-order valence-corrected chi connectivity index (χ2v) is 5.48. The largest absolute Gasteiger partial charge is 0.492 e. The van der Waals surface area contributed by atoms with Crippen LogP contribution in [0.1, 0.15) is 19.3 Å². The first-order valence-corrected chi connectivity index (χ1v) is 7.53. The number of nitrogens with one attached hydrogen (secondary N) is 1. The van der Waals surface area contributed by atoms with Crippen LogP contribution in [-0.2, 0) is 0 Å². The van der Waals surface area contributed by atoms with Gasteiger partial charge in [-0.1, -0.05) is 0 Å². The Labute approximate surface area is 133 Å². The minimum atomic E-state index is -0.221. The molecule has 0 aliphatic carbocycles. The highest BCUT2D eigenvalue weighted by molar-refractivity contribution is 5.85. The molecule has 1 aromatic carbocycles. The summed E-state index contributed by atoms with van der Waals surface area (Å²) >= 11 is 0. The fourth-order valence-electron chi connectivity index (χ4n) is 2.67. The summed E-state index contributed by atoms with van der Waals surface area (Å²) in [6, 6.07) is 6.23. The lowest BCUT2D eigenvalue weighted by atomic mass is 9.93. The molecule has 1 saturated heterocycles. The molecule has 1 N–H and O–H groups in total. The summed E-state index contributed by atoms with van der Waals surface area (Å²) in [6.45, 7) is 5.09. The predicted octanol–water partition coefficient (Wildman–Crippen LogP) is 2.95. The number of piperidine rings is 1. The standard InChI is InChI=1S/C16H25FN2O.ClH/c1-18-9-6-14-7-10-19(11-8-14)12-13-20-16-4-2-15(17)3-5-16;/h2-5,14,18H,6-13H2,1H3;1H. The molecule has 5 heteroatoms. The van der Waals surface area contributed by atoms with Gasteiger partial charge < -0.3 is 10.1 Å². The van der Waals surface area contributed by atoms with Crippen molar-refractivity contribution in [2.24, 2.45) is 5.92 Å². The molecule has 1 aliphatic rings. The molecule has 0 radical (unpaired) electrons. The van der Waals surface area contributed by atoms with E-state index in [1.807, 2.05) is 7.05 Å². The third-order valence-corrected chi connectivity index (χ3v) is 4.00. The highest BCUT2D eigenvalue weighted by Gasteiger charge is 2.18. The molecule has 0 aromatic heterocycles. The van der Waals surface area contributed by atoms with Crippen LogP contribution in [-0.4, -0.2) is 44.7 Å². The zero-order valence-corrected chi connectivity index (χ0v) is 13.5. The first kappa shape index (κ1) is 18.2. The summed E-state index contributed by atoms with van der Waals surface area (Å²) in [7, 11) is 2.02.